The first-order chi connectivity index (χ1) is 6.11. The Morgan fingerprint density at radius 3 is 2.54 bits per heavy atom. The van der Waals surface area contributed by atoms with Crippen molar-refractivity contribution >= 4 is 12.6 Å². The molecule has 3 nitrogen and oxygen atoms in total. The fraction of sp³-hybridized carbons (Fsp3) is 0.111. The van der Waals surface area contributed by atoms with Gasteiger partial charge in [0.1, 0.15) is 0 Å². The smallest absolute Gasteiger partial charge is 0.423 e. The second-order valence-electron chi connectivity index (χ2n) is 2.91. The first-order valence-electron chi connectivity index (χ1n) is 3.98. The molecule has 13 heavy (non-hydrogen) atoms. The Bertz CT molecular complexity index is 312. The summed E-state index contributed by atoms with van der Waals surface area (Å²) >= 11 is 0. The summed E-state index contributed by atoms with van der Waals surface area (Å²) in [6.45, 7) is 3.57. The molecule has 0 saturated carbocycles. The third-order valence-corrected chi connectivity index (χ3v) is 1.75. The zero-order valence-electron chi connectivity index (χ0n) is 7.27. The van der Waals surface area contributed by atoms with Crippen molar-refractivity contribution < 1.29 is 10.0 Å². The Balaban J connectivity index is 2.97. The predicted octanol–water partition coefficient (Wildman–Crippen LogP) is -0.619. The maximum Gasteiger partial charge on any atom is 0.488 e. The Kier molecular flexibility index (Phi) is 3.11. The highest BCUT2D eigenvalue weighted by molar-refractivity contribution is 6.59. The van der Waals surface area contributed by atoms with Crippen LogP contribution in [0, 0.1) is 0 Å². The van der Waals surface area contributed by atoms with E-state index in [-0.39, 0.29) is 0 Å². The number of hydrogen-bond donors (Lipinski definition) is 3. The van der Waals surface area contributed by atoms with E-state index in [1.807, 2.05) is 6.07 Å². The molecule has 1 rings (SSSR count). The lowest BCUT2D eigenvalue weighted by atomic mass is 9.76. The zero-order chi connectivity index (χ0) is 9.84. The molecule has 0 atom stereocenters. The normalized spacial score (nSPS) is 9.69. The fourth-order valence-electron chi connectivity index (χ4n) is 1.19. The third-order valence-electron chi connectivity index (χ3n) is 1.75. The zero-order valence-corrected chi connectivity index (χ0v) is 7.27. The molecule has 1 aromatic carbocycles. The Morgan fingerprint density at radius 1 is 1.38 bits per heavy atom. The molecule has 0 aromatic heterocycles. The average molecular weight is 177 g/mol. The lowest BCUT2D eigenvalue weighted by molar-refractivity contribution is 0.425. The maximum atomic E-state index is 9.00. The van der Waals surface area contributed by atoms with Gasteiger partial charge in [-0.1, -0.05) is 30.8 Å². The van der Waals surface area contributed by atoms with Crippen LogP contribution in [0.2, 0.25) is 0 Å². The summed E-state index contributed by atoms with van der Waals surface area (Å²) in [7, 11) is -1.45. The molecule has 1 aromatic rings. The molecular formula is C9H12BNO2. The van der Waals surface area contributed by atoms with Crippen molar-refractivity contribution in [2.75, 3.05) is 0 Å². The minimum absolute atomic E-state index is 0.466. The van der Waals surface area contributed by atoms with Crippen LogP contribution < -0.4 is 11.2 Å². The topological polar surface area (TPSA) is 66.5 Å². The van der Waals surface area contributed by atoms with Crippen LogP contribution in [0.5, 0.6) is 0 Å². The molecular weight excluding hydrogens is 165 g/mol. The summed E-state index contributed by atoms with van der Waals surface area (Å²) < 4.78 is 0. The monoisotopic (exact) mass is 177 g/mol. The number of rotatable bonds is 3. The molecule has 0 aliphatic carbocycles. The van der Waals surface area contributed by atoms with Crippen LogP contribution >= 0.6 is 0 Å². The second kappa shape index (κ2) is 4.12. The van der Waals surface area contributed by atoms with Gasteiger partial charge < -0.3 is 15.8 Å². The van der Waals surface area contributed by atoms with E-state index in [0.29, 0.717) is 17.6 Å². The molecule has 0 aliphatic rings. The summed E-state index contributed by atoms with van der Waals surface area (Å²) in [6, 6.07) is 7.03. The van der Waals surface area contributed by atoms with E-state index in [1.54, 1.807) is 18.2 Å². The second-order valence-corrected chi connectivity index (χ2v) is 2.91. The molecule has 0 bridgehead atoms. The van der Waals surface area contributed by atoms with Crippen LogP contribution in [0.15, 0.2) is 36.5 Å². The van der Waals surface area contributed by atoms with E-state index in [9.17, 15) is 0 Å². The third kappa shape index (κ3) is 2.61. The minimum Gasteiger partial charge on any atom is -0.423 e. The lowest BCUT2D eigenvalue weighted by Crippen LogP contribution is -2.33. The number of benzene rings is 1. The average Bonchev–Trinajstić information content (AvgIpc) is 2.03. The lowest BCUT2D eigenvalue weighted by Gasteiger charge is -2.07. The van der Waals surface area contributed by atoms with Crippen molar-refractivity contribution in [1.29, 1.82) is 0 Å². The molecule has 0 saturated heterocycles. The summed E-state index contributed by atoms with van der Waals surface area (Å²) in [5.41, 5.74) is 7.22. The van der Waals surface area contributed by atoms with E-state index in [1.165, 1.54) is 0 Å². The molecule has 0 spiro atoms. The van der Waals surface area contributed by atoms with Crippen LogP contribution in [-0.2, 0) is 6.42 Å². The van der Waals surface area contributed by atoms with Gasteiger partial charge in [-0.3, -0.25) is 0 Å². The molecule has 0 amide bonds. The van der Waals surface area contributed by atoms with E-state index in [4.69, 9.17) is 15.8 Å². The number of allylic oxidation sites excluding steroid dienone is 1. The molecule has 0 aliphatic heterocycles. The van der Waals surface area contributed by atoms with Gasteiger partial charge in [-0.05, 0) is 11.0 Å². The molecule has 4 N–H and O–H groups in total. The molecule has 0 radical (unpaired) electrons. The summed E-state index contributed by atoms with van der Waals surface area (Å²) in [6.07, 6.45) is 0.466. The van der Waals surface area contributed by atoms with Gasteiger partial charge in [-0.25, -0.2) is 0 Å². The van der Waals surface area contributed by atoms with Gasteiger partial charge >= 0.3 is 7.12 Å². The van der Waals surface area contributed by atoms with Gasteiger partial charge in [0.25, 0.3) is 0 Å². The number of hydrogen-bond acceptors (Lipinski definition) is 3. The highest BCUT2D eigenvalue weighted by Gasteiger charge is 2.14. The van der Waals surface area contributed by atoms with E-state index >= 15 is 0 Å². The Morgan fingerprint density at radius 2 is 2.00 bits per heavy atom. The van der Waals surface area contributed by atoms with Gasteiger partial charge in [-0.2, -0.15) is 0 Å². The van der Waals surface area contributed by atoms with Crippen molar-refractivity contribution in [3.63, 3.8) is 0 Å². The van der Waals surface area contributed by atoms with E-state index < -0.39 is 7.12 Å². The van der Waals surface area contributed by atoms with Gasteiger partial charge in [-0.15, -0.1) is 0 Å². The van der Waals surface area contributed by atoms with Crippen LogP contribution in [0.3, 0.4) is 0 Å². The van der Waals surface area contributed by atoms with Crippen LogP contribution in [0.4, 0.5) is 0 Å². The highest BCUT2D eigenvalue weighted by Crippen LogP contribution is 2.01. The SMILES string of the molecule is C=C(N)Cc1ccccc1B(O)O. The van der Waals surface area contributed by atoms with E-state index in [2.05, 4.69) is 6.58 Å². The van der Waals surface area contributed by atoms with Crippen molar-refractivity contribution in [3.8, 4) is 0 Å². The Hall–Kier alpha value is -1.26. The molecule has 0 unspecified atom stereocenters. The first kappa shape index (κ1) is 9.83. The summed E-state index contributed by atoms with van der Waals surface area (Å²) in [5.74, 6) is 0. The fourth-order valence-corrected chi connectivity index (χ4v) is 1.19. The standard InChI is InChI=1S/C9H12BNO2/c1-7(11)6-8-4-2-3-5-9(8)10(12)13/h2-5,12-13H,1,6,11H2. The van der Waals surface area contributed by atoms with Crippen molar-refractivity contribution in [2.45, 2.75) is 6.42 Å². The number of nitrogens with two attached hydrogens (primary N) is 1. The first-order valence-corrected chi connectivity index (χ1v) is 3.98. The quantitative estimate of drug-likeness (QED) is 0.539. The van der Waals surface area contributed by atoms with Crippen molar-refractivity contribution in [1.82, 2.24) is 0 Å². The summed E-state index contributed by atoms with van der Waals surface area (Å²) in [5, 5.41) is 18.0. The van der Waals surface area contributed by atoms with Crippen LogP contribution in [-0.4, -0.2) is 17.2 Å². The van der Waals surface area contributed by atoms with Gasteiger partial charge in [0.05, 0.1) is 0 Å². The minimum atomic E-state index is -1.45. The van der Waals surface area contributed by atoms with Crippen LogP contribution in [0.25, 0.3) is 0 Å². The highest BCUT2D eigenvalue weighted by atomic mass is 16.4. The molecule has 4 heteroatoms. The largest absolute Gasteiger partial charge is 0.488 e. The molecule has 0 heterocycles. The van der Waals surface area contributed by atoms with Gasteiger partial charge in [0, 0.05) is 12.1 Å². The Labute approximate surface area is 77.7 Å². The molecule has 68 valence electrons. The molecule has 0 fully saturated rings. The maximum absolute atomic E-state index is 9.00. The van der Waals surface area contributed by atoms with Crippen molar-refractivity contribution in [2.24, 2.45) is 5.73 Å². The summed E-state index contributed by atoms with van der Waals surface area (Å²) in [4.78, 5) is 0. The van der Waals surface area contributed by atoms with Gasteiger partial charge in [0.2, 0.25) is 0 Å². The van der Waals surface area contributed by atoms with Crippen molar-refractivity contribution in [3.05, 3.63) is 42.1 Å². The van der Waals surface area contributed by atoms with Gasteiger partial charge in [0.15, 0.2) is 0 Å². The van der Waals surface area contributed by atoms with Crippen LogP contribution in [0.1, 0.15) is 5.56 Å². The predicted molar refractivity (Wildman–Crippen MR) is 53.3 cm³/mol. The van der Waals surface area contributed by atoms with E-state index in [0.717, 1.165) is 5.56 Å².